The highest BCUT2D eigenvalue weighted by Crippen LogP contribution is 2.39. The number of amides is 2. The number of thiocarbonyl (C=S) groups is 1. The highest BCUT2D eigenvalue weighted by Gasteiger charge is 2.30. The van der Waals surface area contributed by atoms with Crippen LogP contribution >= 0.6 is 24.0 Å². The smallest absolute Gasteiger partial charge is 0.265 e. The van der Waals surface area contributed by atoms with Crippen LogP contribution in [-0.2, 0) is 27.0 Å². The van der Waals surface area contributed by atoms with Gasteiger partial charge in [0.25, 0.3) is 11.8 Å². The quantitative estimate of drug-likeness (QED) is 0.414. The molecule has 4 rings (SSSR count). The Hall–Kier alpha value is -2.71. The van der Waals surface area contributed by atoms with Crippen molar-refractivity contribution in [2.75, 3.05) is 11.5 Å². The van der Waals surface area contributed by atoms with E-state index in [1.807, 2.05) is 0 Å². The van der Waals surface area contributed by atoms with E-state index in [2.05, 4.69) is 65.1 Å². The third kappa shape index (κ3) is 5.43. The number of thioether (sulfide) groups is 1. The van der Waals surface area contributed by atoms with Crippen molar-refractivity contribution in [1.82, 2.24) is 5.32 Å². The molecule has 2 heterocycles. The van der Waals surface area contributed by atoms with Crippen LogP contribution in [0, 0.1) is 5.82 Å². The second-order valence-electron chi connectivity index (χ2n) is 10.9. The summed E-state index contributed by atoms with van der Waals surface area (Å²) < 4.78 is 20.9. The highest BCUT2D eigenvalue weighted by molar-refractivity contribution is 8.26. The molecule has 8 heteroatoms. The van der Waals surface area contributed by atoms with Crippen LogP contribution in [0.25, 0.3) is 6.08 Å². The summed E-state index contributed by atoms with van der Waals surface area (Å²) in [6, 6.07) is 9.42. The maximum Gasteiger partial charge on any atom is 0.265 e. The molecule has 2 aliphatic rings. The molecule has 2 aromatic rings. The standard InChI is InChI=1S/C27H29FN2O3S2/c1-26(2,3)17-7-16(8-18(12-17)27(4,5)6)13-30-20-10-15(11-21-24(32)29-25(34)35-21)9-19(28)23(20)33-14-22(30)31/h7-12H,13-14H2,1-6H3,(H,29,32,34). The topological polar surface area (TPSA) is 58.6 Å². The molecule has 2 amide bonds. The predicted molar refractivity (Wildman–Crippen MR) is 143 cm³/mol. The molecule has 2 aromatic carbocycles. The summed E-state index contributed by atoms with van der Waals surface area (Å²) in [6.45, 7) is 13.0. The van der Waals surface area contributed by atoms with Crippen molar-refractivity contribution < 1.29 is 18.7 Å². The lowest BCUT2D eigenvalue weighted by Gasteiger charge is -2.31. The van der Waals surface area contributed by atoms with Crippen LogP contribution in [0.2, 0.25) is 0 Å². The van der Waals surface area contributed by atoms with Crippen LogP contribution in [-0.4, -0.2) is 22.7 Å². The molecule has 1 N–H and O–H groups in total. The molecule has 35 heavy (non-hydrogen) atoms. The second kappa shape index (κ2) is 9.06. The van der Waals surface area contributed by atoms with Crippen molar-refractivity contribution in [2.24, 2.45) is 0 Å². The van der Waals surface area contributed by atoms with Crippen LogP contribution in [0.1, 0.15) is 63.8 Å². The third-order valence-corrected chi connectivity index (χ3v) is 7.15. The van der Waals surface area contributed by atoms with Crippen molar-refractivity contribution in [3.05, 3.63) is 63.3 Å². The van der Waals surface area contributed by atoms with Gasteiger partial charge in [0, 0.05) is 0 Å². The summed E-state index contributed by atoms with van der Waals surface area (Å²) in [5, 5.41) is 2.55. The van der Waals surface area contributed by atoms with E-state index in [0.717, 1.165) is 17.3 Å². The molecular formula is C27H29FN2O3S2. The number of carbonyl (C=O) groups excluding carboxylic acids is 2. The molecule has 184 valence electrons. The van der Waals surface area contributed by atoms with Crippen molar-refractivity contribution in [2.45, 2.75) is 58.9 Å². The fourth-order valence-corrected chi connectivity index (χ4v) is 4.99. The number of carbonyl (C=O) groups is 2. The van der Waals surface area contributed by atoms with Crippen LogP contribution in [0.5, 0.6) is 5.75 Å². The molecule has 0 saturated carbocycles. The zero-order valence-corrected chi connectivity index (χ0v) is 22.4. The Morgan fingerprint density at radius 3 is 2.23 bits per heavy atom. The molecule has 0 atom stereocenters. The molecule has 0 unspecified atom stereocenters. The van der Waals surface area contributed by atoms with Crippen LogP contribution in [0.3, 0.4) is 0 Å². The van der Waals surface area contributed by atoms with E-state index in [1.54, 1.807) is 17.0 Å². The number of hydrogen-bond donors (Lipinski definition) is 1. The number of fused-ring (bicyclic) bond motifs is 1. The third-order valence-electron chi connectivity index (χ3n) is 5.98. The van der Waals surface area contributed by atoms with E-state index in [1.165, 1.54) is 17.2 Å². The molecule has 0 bridgehead atoms. The van der Waals surface area contributed by atoms with Gasteiger partial charge in [0.2, 0.25) is 0 Å². The Balaban J connectivity index is 1.77. The first-order valence-electron chi connectivity index (χ1n) is 11.4. The number of anilines is 1. The molecule has 5 nitrogen and oxygen atoms in total. The average Bonchev–Trinajstić information content (AvgIpc) is 3.05. The normalized spacial score (nSPS) is 17.5. The number of rotatable bonds is 3. The average molecular weight is 513 g/mol. The Morgan fingerprint density at radius 2 is 1.69 bits per heavy atom. The van der Waals surface area contributed by atoms with Gasteiger partial charge in [-0.25, -0.2) is 4.39 Å². The van der Waals surface area contributed by atoms with Crippen LogP contribution in [0.15, 0.2) is 35.2 Å². The van der Waals surface area contributed by atoms with Gasteiger partial charge in [-0.2, -0.15) is 0 Å². The van der Waals surface area contributed by atoms with E-state index < -0.39 is 5.82 Å². The molecule has 0 aliphatic carbocycles. The van der Waals surface area contributed by atoms with E-state index in [0.29, 0.717) is 20.5 Å². The van der Waals surface area contributed by atoms with Crippen molar-refractivity contribution in [3.8, 4) is 5.75 Å². The van der Waals surface area contributed by atoms with Crippen molar-refractivity contribution >= 4 is 51.9 Å². The molecular weight excluding hydrogens is 483 g/mol. The van der Waals surface area contributed by atoms with Crippen LogP contribution < -0.4 is 15.0 Å². The van der Waals surface area contributed by atoms with Gasteiger partial charge in [0.1, 0.15) is 4.32 Å². The summed E-state index contributed by atoms with van der Waals surface area (Å²) in [5.74, 6) is -1.13. The van der Waals surface area contributed by atoms with Gasteiger partial charge in [-0.1, -0.05) is 83.7 Å². The minimum absolute atomic E-state index is 0.0359. The predicted octanol–water partition coefficient (Wildman–Crippen LogP) is 5.84. The first-order valence-corrected chi connectivity index (χ1v) is 12.6. The monoisotopic (exact) mass is 512 g/mol. The number of ether oxygens (including phenoxy) is 1. The van der Waals surface area contributed by atoms with Crippen molar-refractivity contribution in [1.29, 1.82) is 0 Å². The minimum atomic E-state index is -0.586. The maximum atomic E-state index is 15.0. The minimum Gasteiger partial charge on any atom is -0.478 e. The van der Waals surface area contributed by atoms with E-state index in [9.17, 15) is 9.59 Å². The Kier molecular flexibility index (Phi) is 6.57. The zero-order valence-electron chi connectivity index (χ0n) is 20.7. The van der Waals surface area contributed by atoms with Crippen LogP contribution in [0.4, 0.5) is 10.1 Å². The molecule has 2 aliphatic heterocycles. The van der Waals surface area contributed by atoms with Gasteiger partial charge in [0.05, 0.1) is 17.1 Å². The SMILES string of the molecule is CC(C)(C)c1cc(CN2C(=O)COc3c(F)cc(C=C4SC(=S)NC4=O)cc32)cc(C(C)(C)C)c1. The maximum absolute atomic E-state index is 15.0. The summed E-state index contributed by atoms with van der Waals surface area (Å²) in [6.07, 6.45) is 1.57. The number of nitrogens with one attached hydrogen (secondary N) is 1. The molecule has 0 aromatic heterocycles. The molecule has 1 fully saturated rings. The first kappa shape index (κ1) is 25.4. The largest absolute Gasteiger partial charge is 0.478 e. The van der Waals surface area contributed by atoms with E-state index >= 15 is 4.39 Å². The number of nitrogens with zero attached hydrogens (tertiary/aromatic N) is 1. The first-order chi connectivity index (χ1) is 16.2. The molecule has 1 saturated heterocycles. The summed E-state index contributed by atoms with van der Waals surface area (Å²) in [5.41, 5.74) is 3.95. The lowest BCUT2D eigenvalue weighted by Crippen LogP contribution is -2.38. The number of benzene rings is 2. The lowest BCUT2D eigenvalue weighted by atomic mass is 9.79. The van der Waals surface area contributed by atoms with Crippen molar-refractivity contribution in [3.63, 3.8) is 0 Å². The Bertz CT molecular complexity index is 1240. The Labute approximate surface area is 215 Å². The summed E-state index contributed by atoms with van der Waals surface area (Å²) in [4.78, 5) is 27.0. The molecule has 0 spiro atoms. The van der Waals surface area contributed by atoms with Gasteiger partial charge in [0.15, 0.2) is 18.2 Å². The summed E-state index contributed by atoms with van der Waals surface area (Å²) >= 11 is 6.16. The van der Waals surface area contributed by atoms with Gasteiger partial charge < -0.3 is 15.0 Å². The number of halogens is 1. The van der Waals surface area contributed by atoms with E-state index in [4.69, 9.17) is 17.0 Å². The Morgan fingerprint density at radius 1 is 1.06 bits per heavy atom. The van der Waals surface area contributed by atoms with Gasteiger partial charge in [-0.3, -0.25) is 9.59 Å². The fraction of sp³-hybridized carbons (Fsp3) is 0.370. The fourth-order valence-electron chi connectivity index (χ4n) is 3.95. The zero-order chi connectivity index (χ0) is 25.7. The van der Waals surface area contributed by atoms with E-state index in [-0.39, 0.29) is 41.5 Å². The number of hydrogen-bond acceptors (Lipinski definition) is 5. The molecule has 0 radical (unpaired) electrons. The van der Waals surface area contributed by atoms with Gasteiger partial charge in [-0.05, 0) is 51.3 Å². The van der Waals surface area contributed by atoms with Gasteiger partial charge in [-0.15, -0.1) is 0 Å². The second-order valence-corrected chi connectivity index (χ2v) is 12.6. The summed E-state index contributed by atoms with van der Waals surface area (Å²) in [7, 11) is 0. The highest BCUT2D eigenvalue weighted by atomic mass is 32.2. The lowest BCUT2D eigenvalue weighted by molar-refractivity contribution is -0.121. The van der Waals surface area contributed by atoms with Gasteiger partial charge >= 0.3 is 0 Å².